The van der Waals surface area contributed by atoms with Crippen molar-refractivity contribution in [2.45, 2.75) is 43.1 Å². The standard InChI is InChI=1S/C27H24NO8S.C19H15NO4.C8H9ClO4S.CH4.2ClH/c1-31-22-7-5-18(12-24(22)33-3)37(29,30)36-27-20-14-28-9-8-17-11-25-26(35-15-34-25)13-19(17)21(28)10-16(20)4-6-23(27)32-2;1-22-16-3-2-11-6-15-13-8-18-17(23-10-24-18)7-12(13)4-5-20(15)9-14(11)19(16)21;1-12-7-4-3-6(14(9,10)11)5-8(7)13-2;;;/h4-7,10-14H,8-9,15H2,1-3H3;2-3,6-9H,4-5,10H2,1H3;3-5H,1-2H3;1H4;2*1H/q+1;;;;;/p-1. The molecule has 12 rings (SSSR count). The molecular weight excluding hydrogens is 1120 g/mol. The molecule has 0 saturated carbocycles. The number of aryl methyl sites for hydroxylation is 4. The lowest BCUT2D eigenvalue weighted by Gasteiger charge is -2.18. The van der Waals surface area contributed by atoms with E-state index in [1.54, 1.807) is 19.2 Å². The molecule has 6 heterocycles. The van der Waals surface area contributed by atoms with Crippen molar-refractivity contribution in [1.29, 1.82) is 0 Å². The highest BCUT2D eigenvalue weighted by Gasteiger charge is 2.32. The maximum Gasteiger partial charge on any atom is 0.339 e. The normalized spacial score (nSPS) is 12.9. The highest BCUT2D eigenvalue weighted by Crippen LogP contribution is 2.44. The van der Waals surface area contributed by atoms with Gasteiger partial charge in [-0.05, 0) is 94.7 Å². The third-order valence-corrected chi connectivity index (χ3v) is 15.7. The molecule has 0 saturated heterocycles. The second-order valence-electron chi connectivity index (χ2n) is 17.2. The number of halogens is 3. The van der Waals surface area contributed by atoms with E-state index in [0.29, 0.717) is 46.4 Å². The van der Waals surface area contributed by atoms with Crippen molar-refractivity contribution in [2.24, 2.45) is 0 Å². The summed E-state index contributed by atoms with van der Waals surface area (Å²) in [5.41, 5.74) is 6.75. The largest absolute Gasteiger partial charge is 1.00 e. The van der Waals surface area contributed by atoms with Crippen LogP contribution in [0, 0.1) is 0 Å². The van der Waals surface area contributed by atoms with Crippen LogP contribution in [0.5, 0.6) is 69.0 Å². The lowest BCUT2D eigenvalue weighted by atomic mass is 9.95. The quantitative estimate of drug-likeness (QED) is 0.119. The van der Waals surface area contributed by atoms with Gasteiger partial charge in [0.05, 0.1) is 69.5 Å². The number of ether oxygens (including phenoxy) is 10. The Bertz CT molecular complexity index is 3830. The van der Waals surface area contributed by atoms with Crippen LogP contribution in [0.25, 0.3) is 44.1 Å². The van der Waals surface area contributed by atoms with Crippen molar-refractivity contribution in [3.8, 4) is 91.5 Å². The van der Waals surface area contributed by atoms with E-state index in [4.69, 9.17) is 62.2 Å². The Morgan fingerprint density at radius 2 is 0.910 bits per heavy atom. The summed E-state index contributed by atoms with van der Waals surface area (Å²) in [5.74, 6) is 5.65. The zero-order valence-electron chi connectivity index (χ0n) is 42.1. The summed E-state index contributed by atoms with van der Waals surface area (Å²) in [6, 6.07) is 28.1. The number of phenolic OH excluding ortho intramolecular Hbond substituents is 1. The van der Waals surface area contributed by atoms with Crippen LogP contribution < -0.4 is 85.5 Å². The number of hydrogen-bond donors (Lipinski definition) is 1. The highest BCUT2D eigenvalue weighted by atomic mass is 35.7. The van der Waals surface area contributed by atoms with Crippen LogP contribution in [0.4, 0.5) is 0 Å². The fraction of sp³-hybridized carbons (Fsp3) is 0.236. The Labute approximate surface area is 467 Å². The van der Waals surface area contributed by atoms with Gasteiger partial charge in [0.1, 0.15) is 4.90 Å². The van der Waals surface area contributed by atoms with Gasteiger partial charge in [0.15, 0.2) is 94.5 Å². The minimum Gasteiger partial charge on any atom is -1.00 e. The fourth-order valence-corrected chi connectivity index (χ4v) is 11.1. The predicted octanol–water partition coefficient (Wildman–Crippen LogP) is 2.94. The Hall–Kier alpha value is -7.49. The number of aromatic hydroxyl groups is 1. The maximum atomic E-state index is 13.3. The summed E-state index contributed by atoms with van der Waals surface area (Å²) in [6.45, 7) is 2.06. The van der Waals surface area contributed by atoms with E-state index in [1.165, 1.54) is 83.1 Å². The fourth-order valence-electron chi connectivity index (χ4n) is 9.32. The lowest BCUT2D eigenvalue weighted by molar-refractivity contribution is -0.686. The molecule has 412 valence electrons. The molecule has 78 heavy (non-hydrogen) atoms. The first-order valence-corrected chi connectivity index (χ1v) is 26.8. The topological polar surface area (TPSA) is 198 Å². The first kappa shape index (κ1) is 58.2. The Kier molecular flexibility index (Phi) is 17.6. The van der Waals surface area contributed by atoms with Gasteiger partial charge in [-0.2, -0.15) is 17.6 Å². The summed E-state index contributed by atoms with van der Waals surface area (Å²) in [7, 11) is 6.05. The summed E-state index contributed by atoms with van der Waals surface area (Å²) >= 11 is 0. The van der Waals surface area contributed by atoms with Crippen molar-refractivity contribution in [2.75, 3.05) is 56.2 Å². The number of rotatable bonds is 10. The number of fused-ring (bicyclic) bond motifs is 10. The molecule has 0 atom stereocenters. The Morgan fingerprint density at radius 3 is 1.38 bits per heavy atom. The highest BCUT2D eigenvalue weighted by molar-refractivity contribution is 8.13. The molecule has 1 N–H and O–H groups in total. The number of aromatic nitrogens is 2. The van der Waals surface area contributed by atoms with E-state index in [0.717, 1.165) is 75.3 Å². The average molecular weight is 1170 g/mol. The first-order valence-electron chi connectivity index (χ1n) is 23.1. The van der Waals surface area contributed by atoms with Crippen molar-refractivity contribution >= 4 is 51.4 Å². The minimum absolute atomic E-state index is 0. The van der Waals surface area contributed by atoms with Gasteiger partial charge in [0.2, 0.25) is 25.0 Å². The molecule has 23 heteroatoms. The second kappa shape index (κ2) is 23.6. The van der Waals surface area contributed by atoms with Gasteiger partial charge in [-0.15, -0.1) is 0 Å². The molecule has 4 aliphatic heterocycles. The second-order valence-corrected chi connectivity index (χ2v) is 21.3. The number of benzene rings is 6. The molecule has 0 unspecified atom stereocenters. The maximum absolute atomic E-state index is 13.3. The third-order valence-electron chi connectivity index (χ3n) is 13.1. The van der Waals surface area contributed by atoms with Crippen LogP contribution in [0.1, 0.15) is 18.6 Å². The molecule has 2 aromatic heterocycles. The van der Waals surface area contributed by atoms with Crippen LogP contribution >= 0.6 is 10.7 Å². The van der Waals surface area contributed by atoms with Crippen LogP contribution in [0.3, 0.4) is 0 Å². The molecular formula is C55H53Cl3N2O16S2. The lowest BCUT2D eigenvalue weighted by Crippen LogP contribution is -3.00. The van der Waals surface area contributed by atoms with Gasteiger partial charge in [-0.1, -0.05) is 7.43 Å². The molecule has 0 amide bonds. The van der Waals surface area contributed by atoms with Gasteiger partial charge in [-0.25, -0.2) is 8.42 Å². The van der Waals surface area contributed by atoms with E-state index in [-0.39, 0.29) is 72.9 Å². The van der Waals surface area contributed by atoms with Gasteiger partial charge in [0, 0.05) is 47.8 Å². The number of pyridine rings is 2. The molecule has 4 aliphatic rings. The zero-order chi connectivity index (χ0) is 52.8. The smallest absolute Gasteiger partial charge is 0.339 e. The van der Waals surface area contributed by atoms with E-state index in [9.17, 15) is 21.9 Å². The number of nitrogens with zero attached hydrogens (tertiary/aromatic N) is 2. The number of hydrogen-bond acceptors (Lipinski definition) is 16. The van der Waals surface area contributed by atoms with E-state index >= 15 is 0 Å². The molecule has 0 aliphatic carbocycles. The van der Waals surface area contributed by atoms with Crippen LogP contribution in [-0.2, 0) is 45.1 Å². The molecule has 0 bridgehead atoms. The van der Waals surface area contributed by atoms with Crippen LogP contribution in [-0.4, -0.2) is 78.2 Å². The number of methoxy groups -OCH3 is 6. The third kappa shape index (κ3) is 11.1. The first-order chi connectivity index (χ1) is 36.1. The summed E-state index contributed by atoms with van der Waals surface area (Å²) in [6.07, 6.45) is 5.61. The van der Waals surface area contributed by atoms with E-state index < -0.39 is 19.2 Å². The minimum atomic E-state index is -4.23. The molecule has 6 aromatic carbocycles. The Morgan fingerprint density at radius 1 is 0.500 bits per heavy atom. The van der Waals surface area contributed by atoms with Crippen molar-refractivity contribution in [3.05, 3.63) is 121 Å². The molecule has 18 nitrogen and oxygen atoms in total. The van der Waals surface area contributed by atoms with Gasteiger partial charge in [-0.3, -0.25) is 0 Å². The van der Waals surface area contributed by atoms with E-state index in [2.05, 4.69) is 27.3 Å². The van der Waals surface area contributed by atoms with E-state index in [1.807, 2.05) is 42.7 Å². The molecule has 0 radical (unpaired) electrons. The van der Waals surface area contributed by atoms with Crippen molar-refractivity contribution in [1.82, 2.24) is 0 Å². The van der Waals surface area contributed by atoms with Gasteiger partial charge >= 0.3 is 10.1 Å². The average Bonchev–Trinajstić information content (AvgIpc) is 4.17. The predicted molar refractivity (Wildman–Crippen MR) is 280 cm³/mol. The van der Waals surface area contributed by atoms with Gasteiger partial charge < -0.3 is 81.5 Å². The summed E-state index contributed by atoms with van der Waals surface area (Å²) < 4.78 is 112. The van der Waals surface area contributed by atoms with Crippen molar-refractivity contribution < 1.29 is 107 Å². The molecule has 0 spiro atoms. The molecule has 8 aromatic rings. The number of phenols is 1. The summed E-state index contributed by atoms with van der Waals surface area (Å²) in [4.78, 5) is -0.0864. The van der Waals surface area contributed by atoms with Crippen LogP contribution in [0.15, 0.2) is 119 Å². The van der Waals surface area contributed by atoms with Crippen molar-refractivity contribution in [3.63, 3.8) is 0 Å². The van der Waals surface area contributed by atoms with Crippen LogP contribution in [0.2, 0.25) is 0 Å². The monoisotopic (exact) mass is 1170 g/mol. The Balaban J connectivity index is 0.000000185. The molecule has 0 fully saturated rings. The SMILES string of the molecule is C.COc1ccc(S(=O)(=O)Cl)cc1OC.COc1ccc(S(=O)(=O)Oc2c(OC)ccc3cc4[n+](cc23)CCc2cc3c(cc2-4)OCO3)cc1OC.COc1ccc2cc3[n+](cc2c1O)CCc1cc2c(cc1-3)OCO2.[Cl-].[Cl-]. The summed E-state index contributed by atoms with van der Waals surface area (Å²) in [5, 5.41) is 13.6. The zero-order valence-corrected chi connectivity index (χ0v) is 46.0. The van der Waals surface area contributed by atoms with Gasteiger partial charge in [0.25, 0.3) is 9.05 Å².